The van der Waals surface area contributed by atoms with Crippen molar-refractivity contribution in [3.8, 4) is 39.4 Å². The first-order valence-corrected chi connectivity index (χ1v) is 12.7. The minimum absolute atomic E-state index is 0.229. The van der Waals surface area contributed by atoms with Crippen molar-refractivity contribution in [1.29, 1.82) is 0 Å². The van der Waals surface area contributed by atoms with Crippen molar-refractivity contribution in [2.45, 2.75) is 46.0 Å². The molecule has 1 N–H and O–H groups in total. The summed E-state index contributed by atoms with van der Waals surface area (Å²) in [5.41, 5.74) is 10.5. The van der Waals surface area contributed by atoms with Gasteiger partial charge in [-0.1, -0.05) is 82.3 Å². The number of benzene rings is 3. The van der Waals surface area contributed by atoms with Crippen LogP contribution in [0, 0.1) is 0 Å². The van der Waals surface area contributed by atoms with Crippen LogP contribution in [0.25, 0.3) is 33.6 Å². The van der Waals surface area contributed by atoms with E-state index in [9.17, 15) is 5.11 Å². The summed E-state index contributed by atoms with van der Waals surface area (Å²) in [5.74, 6) is 1.12. The number of aliphatic imine (C=N–C) groups is 1. The fourth-order valence-electron chi connectivity index (χ4n) is 4.59. The third-order valence-electron chi connectivity index (χ3n) is 6.80. The first kappa shape index (κ1) is 23.7. The molecule has 0 radical (unpaired) electrons. The largest absolute Gasteiger partial charge is 0.507 e. The normalized spacial score (nSPS) is 13.0. The number of aromatic hydroxyl groups is 1. The van der Waals surface area contributed by atoms with Gasteiger partial charge in [0.2, 0.25) is 0 Å². The van der Waals surface area contributed by atoms with Gasteiger partial charge in [-0.15, -0.1) is 0 Å². The van der Waals surface area contributed by atoms with E-state index in [1.807, 2.05) is 36.5 Å². The molecule has 3 heteroatoms. The van der Waals surface area contributed by atoms with Crippen molar-refractivity contribution in [1.82, 2.24) is 4.98 Å². The molecule has 0 spiro atoms. The fourth-order valence-corrected chi connectivity index (χ4v) is 4.59. The van der Waals surface area contributed by atoms with Crippen LogP contribution in [0.4, 0.5) is 0 Å². The molecule has 4 aromatic rings. The lowest BCUT2D eigenvalue weighted by Crippen LogP contribution is -1.97. The number of phenolic OH excluding ortho intramolecular Hbond substituents is 1. The number of nitrogens with zero attached hydrogens (tertiary/aromatic N) is 2. The molecule has 0 bridgehead atoms. The molecule has 3 aromatic carbocycles. The molecule has 2 heterocycles. The van der Waals surface area contributed by atoms with Gasteiger partial charge in [-0.25, -0.2) is 4.98 Å². The van der Waals surface area contributed by atoms with Gasteiger partial charge in [0.05, 0.1) is 17.1 Å². The Morgan fingerprint density at radius 2 is 1.36 bits per heavy atom. The molecule has 0 amide bonds. The Morgan fingerprint density at radius 1 is 0.667 bits per heavy atom. The highest BCUT2D eigenvalue weighted by atomic mass is 16.3. The van der Waals surface area contributed by atoms with Crippen LogP contribution in [0.3, 0.4) is 0 Å². The first-order valence-electron chi connectivity index (χ1n) is 12.7. The average Bonchev–Trinajstić information content (AvgIpc) is 3.44. The summed E-state index contributed by atoms with van der Waals surface area (Å²) < 4.78 is 0. The highest BCUT2D eigenvalue weighted by molar-refractivity contribution is 6.03. The summed E-state index contributed by atoms with van der Waals surface area (Å²) in [5, 5.41) is 10.8. The van der Waals surface area contributed by atoms with E-state index in [4.69, 9.17) is 4.98 Å². The number of phenols is 1. The van der Waals surface area contributed by atoms with E-state index in [-0.39, 0.29) is 5.75 Å². The van der Waals surface area contributed by atoms with E-state index in [1.165, 1.54) is 16.7 Å². The lowest BCUT2D eigenvalue weighted by Gasteiger charge is -2.16. The summed E-state index contributed by atoms with van der Waals surface area (Å²) in [6, 6.07) is 27.0. The monoisotopic (exact) mass is 472 g/mol. The molecule has 3 nitrogen and oxygen atoms in total. The van der Waals surface area contributed by atoms with Crippen molar-refractivity contribution < 1.29 is 5.11 Å². The highest BCUT2D eigenvalue weighted by Gasteiger charge is 2.14. The van der Waals surface area contributed by atoms with Gasteiger partial charge in [0.25, 0.3) is 0 Å². The van der Waals surface area contributed by atoms with Crippen LogP contribution in [0.15, 0.2) is 96.1 Å². The Balaban J connectivity index is 1.55. The van der Waals surface area contributed by atoms with Gasteiger partial charge in [-0.3, -0.25) is 4.99 Å². The predicted octanol–water partition coefficient (Wildman–Crippen LogP) is 8.74. The minimum atomic E-state index is 0.229. The average molecular weight is 473 g/mol. The third-order valence-corrected chi connectivity index (χ3v) is 6.80. The van der Waals surface area contributed by atoms with Crippen LogP contribution in [0.5, 0.6) is 5.75 Å². The number of hydrogen-bond donors (Lipinski definition) is 1. The van der Waals surface area contributed by atoms with Gasteiger partial charge in [-0.05, 0) is 70.0 Å². The van der Waals surface area contributed by atoms with E-state index in [0.717, 1.165) is 45.8 Å². The number of aromatic nitrogens is 1. The van der Waals surface area contributed by atoms with Crippen LogP contribution in [0.2, 0.25) is 0 Å². The maximum Gasteiger partial charge on any atom is 0.125 e. The Labute approximate surface area is 213 Å². The smallest absolute Gasteiger partial charge is 0.125 e. The van der Waals surface area contributed by atoms with E-state index < -0.39 is 0 Å². The SMILES string of the molecule is CC(C)c1cc(-c2ccc(O)c(-c3cccc(-c4cccc(C5=NC=CC5)c4)n3)c2)cc(C(C)C)c1. The molecular formula is C33H32N2O. The second-order valence-electron chi connectivity index (χ2n) is 10.1. The molecule has 0 unspecified atom stereocenters. The molecule has 1 aliphatic heterocycles. The van der Waals surface area contributed by atoms with E-state index in [1.54, 1.807) is 6.07 Å². The van der Waals surface area contributed by atoms with Crippen LogP contribution in [-0.2, 0) is 0 Å². The lowest BCUT2D eigenvalue weighted by molar-refractivity contribution is 0.477. The van der Waals surface area contributed by atoms with Gasteiger partial charge in [0.15, 0.2) is 0 Å². The van der Waals surface area contributed by atoms with Crippen LogP contribution in [0.1, 0.15) is 62.6 Å². The van der Waals surface area contributed by atoms with Crippen molar-refractivity contribution in [3.05, 3.63) is 108 Å². The van der Waals surface area contributed by atoms with Gasteiger partial charge < -0.3 is 5.11 Å². The standard InChI is InChI=1S/C33H32N2O/c1-21(2)26-17-27(22(3)4)19-28(18-26)23-13-14-33(36)29(20-23)32-11-6-10-31(35-32)25-9-5-8-24(16-25)30-12-7-15-34-30/h5-11,13-22,36H,12H2,1-4H3. The topological polar surface area (TPSA) is 45.5 Å². The molecular weight excluding hydrogens is 440 g/mol. The second kappa shape index (κ2) is 9.94. The van der Waals surface area contributed by atoms with Crippen molar-refractivity contribution in [2.75, 3.05) is 0 Å². The zero-order chi connectivity index (χ0) is 25.2. The molecule has 0 aliphatic carbocycles. The molecule has 36 heavy (non-hydrogen) atoms. The van der Waals surface area contributed by atoms with Crippen molar-refractivity contribution >= 4 is 5.71 Å². The summed E-state index contributed by atoms with van der Waals surface area (Å²) in [6.45, 7) is 8.91. The van der Waals surface area contributed by atoms with Crippen LogP contribution < -0.4 is 0 Å². The summed E-state index contributed by atoms with van der Waals surface area (Å²) in [7, 11) is 0. The highest BCUT2D eigenvalue weighted by Crippen LogP contribution is 2.36. The van der Waals surface area contributed by atoms with Gasteiger partial charge in [-0.2, -0.15) is 0 Å². The second-order valence-corrected chi connectivity index (χ2v) is 10.1. The van der Waals surface area contributed by atoms with E-state index in [0.29, 0.717) is 11.8 Å². The Hall–Kier alpha value is -3.98. The first-order chi connectivity index (χ1) is 17.4. The molecule has 1 aromatic heterocycles. The molecule has 0 saturated carbocycles. The number of allylic oxidation sites excluding steroid dienone is 1. The Kier molecular flexibility index (Phi) is 6.56. The quantitative estimate of drug-likeness (QED) is 0.305. The van der Waals surface area contributed by atoms with E-state index in [2.05, 4.69) is 81.2 Å². The van der Waals surface area contributed by atoms with Crippen LogP contribution in [-0.4, -0.2) is 15.8 Å². The third kappa shape index (κ3) is 4.87. The number of rotatable bonds is 6. The summed E-state index contributed by atoms with van der Waals surface area (Å²) in [4.78, 5) is 9.43. The van der Waals surface area contributed by atoms with Crippen molar-refractivity contribution in [3.63, 3.8) is 0 Å². The molecule has 0 saturated heterocycles. The van der Waals surface area contributed by atoms with Gasteiger partial charge in [0.1, 0.15) is 5.75 Å². The molecule has 0 atom stereocenters. The van der Waals surface area contributed by atoms with Crippen molar-refractivity contribution in [2.24, 2.45) is 4.99 Å². The number of pyridine rings is 1. The molecule has 180 valence electrons. The number of hydrogen-bond acceptors (Lipinski definition) is 3. The maximum absolute atomic E-state index is 10.8. The lowest BCUT2D eigenvalue weighted by atomic mass is 9.90. The summed E-state index contributed by atoms with van der Waals surface area (Å²) in [6.07, 6.45) is 4.78. The molecule has 0 fully saturated rings. The van der Waals surface area contributed by atoms with Gasteiger partial charge >= 0.3 is 0 Å². The zero-order valence-corrected chi connectivity index (χ0v) is 21.4. The summed E-state index contributed by atoms with van der Waals surface area (Å²) >= 11 is 0. The molecule has 1 aliphatic rings. The zero-order valence-electron chi connectivity index (χ0n) is 21.4. The van der Waals surface area contributed by atoms with E-state index >= 15 is 0 Å². The molecule has 5 rings (SSSR count). The van der Waals surface area contributed by atoms with Crippen LogP contribution >= 0.6 is 0 Å². The Bertz CT molecular complexity index is 1450. The predicted molar refractivity (Wildman–Crippen MR) is 151 cm³/mol. The Morgan fingerprint density at radius 3 is 2.06 bits per heavy atom. The minimum Gasteiger partial charge on any atom is -0.507 e. The fraction of sp³-hybridized carbons (Fsp3) is 0.212. The van der Waals surface area contributed by atoms with Gasteiger partial charge in [0, 0.05) is 23.7 Å². The maximum atomic E-state index is 10.8.